The fraction of sp³-hybridized carbons (Fsp3) is 0.391. The second-order valence-corrected chi connectivity index (χ2v) is 9.72. The number of nitrogens with one attached hydrogen (secondary N) is 1. The number of ether oxygens (including phenoxy) is 1. The number of hydrogen-bond acceptors (Lipinski definition) is 5. The van der Waals surface area contributed by atoms with Crippen LogP contribution in [0.3, 0.4) is 0 Å². The van der Waals surface area contributed by atoms with E-state index in [1.165, 1.54) is 18.1 Å². The number of carbonyl (C=O) groups excluding carboxylic acids is 2. The lowest BCUT2D eigenvalue weighted by atomic mass is 10.1. The summed E-state index contributed by atoms with van der Waals surface area (Å²) in [5.41, 5.74) is 0.941. The number of amides is 2. The van der Waals surface area contributed by atoms with Crippen LogP contribution in [0.25, 0.3) is 0 Å². The van der Waals surface area contributed by atoms with Gasteiger partial charge in [-0.3, -0.25) is 13.9 Å². The molecule has 33 heavy (non-hydrogen) atoms. The van der Waals surface area contributed by atoms with Gasteiger partial charge < -0.3 is 15.0 Å². The van der Waals surface area contributed by atoms with E-state index >= 15 is 0 Å². The van der Waals surface area contributed by atoms with Crippen molar-refractivity contribution in [1.29, 1.82) is 0 Å². The highest BCUT2D eigenvalue weighted by Gasteiger charge is 2.32. The first kappa shape index (κ1) is 26.5. The summed E-state index contributed by atoms with van der Waals surface area (Å²) in [4.78, 5) is 27.6. The van der Waals surface area contributed by atoms with Crippen LogP contribution in [0.1, 0.15) is 25.8 Å². The molecule has 1 atom stereocenters. The van der Waals surface area contributed by atoms with E-state index in [2.05, 4.69) is 5.32 Å². The number of benzene rings is 2. The standard InChI is InChI=1S/C23H30ClN3O5S/c1-5-21(23(29)25-6-2)26(15-17-10-7-8-13-20(17)24)22(28)16-27(33(4,30)31)18-11-9-12-19(14-18)32-3/h7-14,21H,5-6,15-16H2,1-4H3,(H,25,29). The van der Waals surface area contributed by atoms with Gasteiger partial charge in [0, 0.05) is 24.2 Å². The topological polar surface area (TPSA) is 96.0 Å². The molecule has 8 nitrogen and oxygen atoms in total. The Hall–Kier alpha value is -2.78. The zero-order chi connectivity index (χ0) is 24.6. The fourth-order valence-electron chi connectivity index (χ4n) is 3.40. The molecule has 2 rings (SSSR count). The Morgan fingerprint density at radius 1 is 1.12 bits per heavy atom. The van der Waals surface area contributed by atoms with E-state index in [9.17, 15) is 18.0 Å². The lowest BCUT2D eigenvalue weighted by Gasteiger charge is -2.33. The number of rotatable bonds is 11. The average Bonchev–Trinajstić information content (AvgIpc) is 2.77. The quantitative estimate of drug-likeness (QED) is 0.517. The Morgan fingerprint density at radius 2 is 1.82 bits per heavy atom. The number of hydrogen-bond donors (Lipinski definition) is 1. The minimum absolute atomic E-state index is 0.0594. The summed E-state index contributed by atoms with van der Waals surface area (Å²) in [5.74, 6) is -0.385. The van der Waals surface area contributed by atoms with Gasteiger partial charge in [0.25, 0.3) is 0 Å². The third-order valence-electron chi connectivity index (χ3n) is 5.06. The van der Waals surface area contributed by atoms with Crippen LogP contribution in [0.2, 0.25) is 5.02 Å². The number of halogens is 1. The molecule has 1 unspecified atom stereocenters. The molecular formula is C23H30ClN3O5S. The normalized spacial score (nSPS) is 12.0. The smallest absolute Gasteiger partial charge is 0.244 e. The Kier molecular flexibility index (Phi) is 9.55. The maximum Gasteiger partial charge on any atom is 0.244 e. The lowest BCUT2D eigenvalue weighted by Crippen LogP contribution is -2.52. The van der Waals surface area contributed by atoms with Gasteiger partial charge in [0.2, 0.25) is 21.8 Å². The van der Waals surface area contributed by atoms with E-state index < -0.39 is 28.5 Å². The lowest BCUT2D eigenvalue weighted by molar-refractivity contribution is -0.140. The summed E-state index contributed by atoms with van der Waals surface area (Å²) in [6.07, 6.45) is 1.37. The van der Waals surface area contributed by atoms with Crippen molar-refractivity contribution in [1.82, 2.24) is 10.2 Å². The highest BCUT2D eigenvalue weighted by atomic mass is 35.5. The van der Waals surface area contributed by atoms with E-state index in [1.54, 1.807) is 56.3 Å². The zero-order valence-electron chi connectivity index (χ0n) is 19.2. The molecule has 2 amide bonds. The first-order chi connectivity index (χ1) is 15.6. The van der Waals surface area contributed by atoms with Gasteiger partial charge >= 0.3 is 0 Å². The molecule has 10 heteroatoms. The monoisotopic (exact) mass is 495 g/mol. The van der Waals surface area contributed by atoms with Crippen molar-refractivity contribution in [2.45, 2.75) is 32.9 Å². The number of sulfonamides is 1. The molecular weight excluding hydrogens is 466 g/mol. The second kappa shape index (κ2) is 11.9. The first-order valence-electron chi connectivity index (χ1n) is 10.5. The Labute approximate surface area is 200 Å². The van der Waals surface area contributed by atoms with Crippen molar-refractivity contribution in [2.24, 2.45) is 0 Å². The maximum absolute atomic E-state index is 13.5. The summed E-state index contributed by atoms with van der Waals surface area (Å²) in [7, 11) is -2.34. The molecule has 0 saturated carbocycles. The Morgan fingerprint density at radius 3 is 2.39 bits per heavy atom. The van der Waals surface area contributed by atoms with E-state index in [0.29, 0.717) is 29.3 Å². The molecule has 0 spiro atoms. The van der Waals surface area contributed by atoms with Crippen molar-refractivity contribution in [2.75, 3.05) is 30.8 Å². The average molecular weight is 496 g/mol. The number of nitrogens with zero attached hydrogens (tertiary/aromatic N) is 2. The molecule has 0 fully saturated rings. The molecule has 0 bridgehead atoms. The molecule has 0 radical (unpaired) electrons. The molecule has 0 aromatic heterocycles. The van der Waals surface area contributed by atoms with Gasteiger partial charge in [-0.1, -0.05) is 42.8 Å². The predicted octanol–water partition coefficient (Wildman–Crippen LogP) is 3.06. The predicted molar refractivity (Wildman–Crippen MR) is 130 cm³/mol. The summed E-state index contributed by atoms with van der Waals surface area (Å²) in [5, 5.41) is 3.20. The van der Waals surface area contributed by atoms with Crippen LogP contribution in [0.15, 0.2) is 48.5 Å². The van der Waals surface area contributed by atoms with E-state index in [-0.39, 0.29) is 18.1 Å². The van der Waals surface area contributed by atoms with Crippen LogP contribution in [0.5, 0.6) is 5.75 Å². The minimum atomic E-state index is -3.81. The molecule has 0 saturated heterocycles. The summed E-state index contributed by atoms with van der Waals surface area (Å²) < 4.78 is 31.4. The van der Waals surface area contributed by atoms with Crippen molar-refractivity contribution < 1.29 is 22.7 Å². The van der Waals surface area contributed by atoms with Gasteiger partial charge in [-0.25, -0.2) is 8.42 Å². The van der Waals surface area contributed by atoms with E-state index in [4.69, 9.17) is 16.3 Å². The van der Waals surface area contributed by atoms with Gasteiger partial charge in [0.1, 0.15) is 18.3 Å². The molecule has 2 aromatic carbocycles. The molecule has 180 valence electrons. The third kappa shape index (κ3) is 7.10. The van der Waals surface area contributed by atoms with E-state index in [0.717, 1.165) is 10.6 Å². The Balaban J connectivity index is 2.46. The van der Waals surface area contributed by atoms with Gasteiger partial charge in [0.15, 0.2) is 0 Å². The van der Waals surface area contributed by atoms with Crippen LogP contribution in [-0.4, -0.2) is 57.6 Å². The maximum atomic E-state index is 13.5. The van der Waals surface area contributed by atoms with Crippen LogP contribution in [0.4, 0.5) is 5.69 Å². The minimum Gasteiger partial charge on any atom is -0.497 e. The second-order valence-electron chi connectivity index (χ2n) is 7.40. The number of anilines is 1. The SMILES string of the molecule is CCNC(=O)C(CC)N(Cc1ccccc1Cl)C(=O)CN(c1cccc(OC)c1)S(C)(=O)=O. The first-order valence-corrected chi connectivity index (χ1v) is 12.8. The fourth-order valence-corrected chi connectivity index (χ4v) is 4.44. The van der Waals surface area contributed by atoms with Crippen LogP contribution in [0, 0.1) is 0 Å². The van der Waals surface area contributed by atoms with Gasteiger partial charge in [-0.05, 0) is 37.1 Å². The molecule has 0 aliphatic heterocycles. The number of likely N-dealkylation sites (N-methyl/N-ethyl adjacent to an activating group) is 1. The molecule has 0 heterocycles. The van der Waals surface area contributed by atoms with Crippen molar-refractivity contribution in [3.63, 3.8) is 0 Å². The van der Waals surface area contributed by atoms with Crippen LogP contribution >= 0.6 is 11.6 Å². The van der Waals surface area contributed by atoms with Crippen molar-refractivity contribution in [3.8, 4) is 5.75 Å². The van der Waals surface area contributed by atoms with Crippen LogP contribution in [-0.2, 0) is 26.2 Å². The van der Waals surface area contributed by atoms with Gasteiger partial charge in [-0.2, -0.15) is 0 Å². The van der Waals surface area contributed by atoms with Crippen LogP contribution < -0.4 is 14.4 Å². The summed E-state index contributed by atoms with van der Waals surface area (Å²) in [6.45, 7) is 3.57. The highest BCUT2D eigenvalue weighted by molar-refractivity contribution is 7.92. The third-order valence-corrected chi connectivity index (χ3v) is 6.57. The van der Waals surface area contributed by atoms with Crippen molar-refractivity contribution >= 4 is 39.1 Å². The van der Waals surface area contributed by atoms with Crippen molar-refractivity contribution in [3.05, 3.63) is 59.1 Å². The molecule has 1 N–H and O–H groups in total. The molecule has 0 aliphatic carbocycles. The Bertz CT molecular complexity index is 1080. The van der Waals surface area contributed by atoms with Gasteiger partial charge in [0.05, 0.1) is 19.1 Å². The van der Waals surface area contributed by atoms with Gasteiger partial charge in [-0.15, -0.1) is 0 Å². The highest BCUT2D eigenvalue weighted by Crippen LogP contribution is 2.25. The summed E-state index contributed by atoms with van der Waals surface area (Å²) >= 11 is 6.31. The molecule has 0 aliphatic rings. The van der Waals surface area contributed by atoms with E-state index in [1.807, 2.05) is 0 Å². The number of carbonyl (C=O) groups is 2. The summed E-state index contributed by atoms with van der Waals surface area (Å²) in [6, 6.07) is 12.7. The molecule has 2 aromatic rings. The number of methoxy groups -OCH3 is 1. The largest absolute Gasteiger partial charge is 0.497 e. The zero-order valence-corrected chi connectivity index (χ0v) is 20.8.